The molecule has 0 atom stereocenters. The smallest absolute Gasteiger partial charge is 0.445 e. The van der Waals surface area contributed by atoms with Crippen molar-refractivity contribution in [2.75, 3.05) is 0 Å². The Morgan fingerprint density at radius 3 is 1.80 bits per heavy atom. The number of allylic oxidation sites excluding steroid dienone is 1. The molecule has 1 aliphatic carbocycles. The summed E-state index contributed by atoms with van der Waals surface area (Å²) in [5.74, 6) is 0.476. The van der Waals surface area contributed by atoms with Gasteiger partial charge in [0.15, 0.2) is 0 Å². The Hall–Kier alpha value is 1.23. The predicted octanol–water partition coefficient (Wildman–Crippen LogP) is -0.513. The second-order valence-corrected chi connectivity index (χ2v) is 2.30. The molecule has 0 bridgehead atoms. The normalized spacial score (nSPS) is 17.3. The van der Waals surface area contributed by atoms with Gasteiger partial charge < -0.3 is 12.9 Å². The van der Waals surface area contributed by atoms with Crippen LogP contribution >= 0.6 is 0 Å². The van der Waals surface area contributed by atoms with Gasteiger partial charge in [0.05, 0.1) is 0 Å². The summed E-state index contributed by atoms with van der Waals surface area (Å²) in [5.41, 5.74) is 0.572. The molecule has 0 aromatic carbocycles. The Morgan fingerprint density at radius 1 is 1.20 bits per heavy atom. The van der Waals surface area contributed by atoms with E-state index in [0.29, 0.717) is 24.4 Å². The molecule has 52 valence electrons. The van der Waals surface area contributed by atoms with Crippen LogP contribution in [0, 0.1) is 0 Å². The Balaban J connectivity index is 0.000000810. The van der Waals surface area contributed by atoms with Gasteiger partial charge in [0.2, 0.25) is 0 Å². The van der Waals surface area contributed by atoms with Gasteiger partial charge in [-0.15, -0.1) is 11.5 Å². The van der Waals surface area contributed by atoms with Crippen molar-refractivity contribution in [3.63, 3.8) is 0 Å². The first-order chi connectivity index (χ1) is 4.08. The van der Waals surface area contributed by atoms with Crippen molar-refractivity contribution in [2.24, 2.45) is 0 Å². The van der Waals surface area contributed by atoms with Crippen molar-refractivity contribution in [1.29, 1.82) is 0 Å². The summed E-state index contributed by atoms with van der Waals surface area (Å²) in [6.45, 7) is -4.66. The molecular formula is C5H7BF3K. The summed E-state index contributed by atoms with van der Waals surface area (Å²) >= 11 is 0. The van der Waals surface area contributed by atoms with E-state index in [1.165, 1.54) is 0 Å². The molecule has 5 heteroatoms. The summed E-state index contributed by atoms with van der Waals surface area (Å²) in [7, 11) is 0. The van der Waals surface area contributed by atoms with Gasteiger partial charge >= 0.3 is 58.4 Å². The van der Waals surface area contributed by atoms with E-state index < -0.39 is 6.98 Å². The number of rotatable bonds is 1. The third kappa shape index (κ3) is 4.18. The molecule has 0 heterocycles. The number of hydrogen-bond donors (Lipinski definition) is 0. The maximum Gasteiger partial charge on any atom is 1.00 e. The quantitative estimate of drug-likeness (QED) is 0.469. The molecule has 0 saturated heterocycles. The summed E-state index contributed by atoms with van der Waals surface area (Å²) < 4.78 is 34.5. The van der Waals surface area contributed by atoms with Crippen LogP contribution in [-0.2, 0) is 0 Å². The minimum Gasteiger partial charge on any atom is -0.445 e. The third-order valence-electron chi connectivity index (χ3n) is 1.42. The average Bonchev–Trinajstić information content (AvgIpc) is 1.53. The first-order valence-corrected chi connectivity index (χ1v) is 2.98. The van der Waals surface area contributed by atoms with Gasteiger partial charge in [-0.1, -0.05) is 0 Å². The van der Waals surface area contributed by atoms with Crippen LogP contribution in [0.2, 0.25) is 0 Å². The Labute approximate surface area is 101 Å². The fraction of sp³-hybridized carbons (Fsp3) is 0.600. The summed E-state index contributed by atoms with van der Waals surface area (Å²) in [6, 6.07) is 0. The minimum absolute atomic E-state index is 0. The zero-order valence-electron chi connectivity index (χ0n) is 5.91. The average molecular weight is 174 g/mol. The topological polar surface area (TPSA) is 0 Å². The summed E-state index contributed by atoms with van der Waals surface area (Å²) in [4.78, 5) is 0. The van der Waals surface area contributed by atoms with E-state index >= 15 is 0 Å². The molecule has 0 aromatic heterocycles. The molecule has 1 saturated carbocycles. The molecule has 0 spiro atoms. The molecule has 0 amide bonds. The minimum atomic E-state index is -4.66. The van der Waals surface area contributed by atoms with Gasteiger partial charge in [0.25, 0.3) is 0 Å². The molecule has 0 radical (unpaired) electrons. The van der Waals surface area contributed by atoms with Crippen LogP contribution in [0.4, 0.5) is 12.9 Å². The van der Waals surface area contributed by atoms with E-state index in [-0.39, 0.29) is 51.4 Å². The Morgan fingerprint density at radius 2 is 1.70 bits per heavy atom. The Bertz CT molecular complexity index is 134. The molecule has 0 nitrogen and oxygen atoms in total. The molecule has 0 aromatic rings. The van der Waals surface area contributed by atoms with E-state index in [1.54, 1.807) is 0 Å². The molecule has 10 heavy (non-hydrogen) atoms. The van der Waals surface area contributed by atoms with E-state index in [2.05, 4.69) is 0 Å². The first-order valence-electron chi connectivity index (χ1n) is 2.98. The molecule has 0 N–H and O–H groups in total. The Kier molecular flexibility index (Phi) is 4.84. The third-order valence-corrected chi connectivity index (χ3v) is 1.42. The van der Waals surface area contributed by atoms with Gasteiger partial charge in [-0.2, -0.15) is 0 Å². The van der Waals surface area contributed by atoms with Crippen molar-refractivity contribution < 1.29 is 64.3 Å². The SMILES string of the molecule is F[B-](F)(F)C=C1CCC1.[K+]. The second kappa shape index (κ2) is 4.30. The van der Waals surface area contributed by atoms with Crippen molar-refractivity contribution in [3.8, 4) is 0 Å². The maximum absolute atomic E-state index is 11.5. The van der Waals surface area contributed by atoms with Gasteiger partial charge in [0.1, 0.15) is 0 Å². The summed E-state index contributed by atoms with van der Waals surface area (Å²) in [5, 5.41) is 0. The fourth-order valence-corrected chi connectivity index (χ4v) is 0.815. The van der Waals surface area contributed by atoms with E-state index in [4.69, 9.17) is 0 Å². The number of halogens is 3. The largest absolute Gasteiger partial charge is 1.00 e. The molecular weight excluding hydrogens is 167 g/mol. The zero-order valence-corrected chi connectivity index (χ0v) is 9.03. The second-order valence-electron chi connectivity index (χ2n) is 2.30. The van der Waals surface area contributed by atoms with Crippen LogP contribution in [0.5, 0.6) is 0 Å². The van der Waals surface area contributed by atoms with Crippen LogP contribution in [-0.4, -0.2) is 6.98 Å². The van der Waals surface area contributed by atoms with Crippen molar-refractivity contribution in [3.05, 3.63) is 11.5 Å². The first kappa shape index (κ1) is 11.2. The molecule has 0 aliphatic heterocycles. The van der Waals surface area contributed by atoms with Crippen molar-refractivity contribution in [1.82, 2.24) is 0 Å². The molecule has 1 fully saturated rings. The van der Waals surface area contributed by atoms with Gasteiger partial charge in [-0.25, -0.2) is 0 Å². The van der Waals surface area contributed by atoms with E-state index in [0.717, 1.165) is 6.42 Å². The van der Waals surface area contributed by atoms with Crippen molar-refractivity contribution >= 4 is 6.98 Å². The predicted molar refractivity (Wildman–Crippen MR) is 31.0 cm³/mol. The van der Waals surface area contributed by atoms with Gasteiger partial charge in [0, 0.05) is 0 Å². The fourth-order valence-electron chi connectivity index (χ4n) is 0.815. The zero-order chi connectivity index (χ0) is 6.91. The van der Waals surface area contributed by atoms with E-state index in [1.807, 2.05) is 0 Å². The van der Waals surface area contributed by atoms with Crippen LogP contribution in [0.3, 0.4) is 0 Å². The van der Waals surface area contributed by atoms with Crippen LogP contribution < -0.4 is 51.4 Å². The van der Waals surface area contributed by atoms with Gasteiger partial charge in [-0.05, 0) is 19.3 Å². The molecule has 0 unspecified atom stereocenters. The maximum atomic E-state index is 11.5. The standard InChI is InChI=1S/C5H7BF3.K/c7-6(8,9)4-5-2-1-3-5;/h4H,1-3H2;/q-1;+1. The van der Waals surface area contributed by atoms with Crippen molar-refractivity contribution in [2.45, 2.75) is 19.3 Å². The molecule has 1 aliphatic rings. The summed E-state index contributed by atoms with van der Waals surface area (Å²) in [6.07, 6.45) is 2.24. The van der Waals surface area contributed by atoms with Gasteiger partial charge in [-0.3, -0.25) is 0 Å². The van der Waals surface area contributed by atoms with Crippen LogP contribution in [0.1, 0.15) is 19.3 Å². The van der Waals surface area contributed by atoms with Crippen LogP contribution in [0.25, 0.3) is 0 Å². The molecule has 1 rings (SSSR count). The number of hydrogen-bond acceptors (Lipinski definition) is 0. The van der Waals surface area contributed by atoms with E-state index in [9.17, 15) is 12.9 Å². The van der Waals surface area contributed by atoms with Crippen LogP contribution in [0.15, 0.2) is 11.5 Å². The monoisotopic (exact) mass is 174 g/mol.